The van der Waals surface area contributed by atoms with Crippen LogP contribution in [-0.4, -0.2) is 43.7 Å². The van der Waals surface area contributed by atoms with Crippen LogP contribution in [0.25, 0.3) is 0 Å². The van der Waals surface area contributed by atoms with Crippen molar-refractivity contribution in [1.29, 1.82) is 0 Å². The standard InChI is InChI=1S/C8H18N2O2/c1-7(2)10(4-5-12-3)8(11)6-9/h7H,4-6,9H2,1-3H3. The van der Waals surface area contributed by atoms with Crippen LogP contribution in [0.2, 0.25) is 0 Å². The Labute approximate surface area is 73.7 Å². The maximum Gasteiger partial charge on any atom is 0.236 e. The number of hydrogen-bond acceptors (Lipinski definition) is 3. The van der Waals surface area contributed by atoms with E-state index in [4.69, 9.17) is 10.5 Å². The van der Waals surface area contributed by atoms with Crippen LogP contribution in [0.1, 0.15) is 13.8 Å². The maximum atomic E-state index is 11.2. The van der Waals surface area contributed by atoms with Crippen molar-refractivity contribution in [2.45, 2.75) is 19.9 Å². The van der Waals surface area contributed by atoms with Gasteiger partial charge in [-0.2, -0.15) is 0 Å². The van der Waals surface area contributed by atoms with Crippen LogP contribution in [0.5, 0.6) is 0 Å². The first-order valence-corrected chi connectivity index (χ1v) is 4.12. The van der Waals surface area contributed by atoms with Gasteiger partial charge >= 0.3 is 0 Å². The summed E-state index contributed by atoms with van der Waals surface area (Å²) < 4.78 is 4.88. The Balaban J connectivity index is 3.95. The van der Waals surface area contributed by atoms with E-state index in [0.717, 1.165) is 0 Å². The number of carbonyl (C=O) groups is 1. The normalized spacial score (nSPS) is 10.4. The predicted molar refractivity (Wildman–Crippen MR) is 47.8 cm³/mol. The van der Waals surface area contributed by atoms with Gasteiger partial charge in [-0.1, -0.05) is 0 Å². The van der Waals surface area contributed by atoms with Gasteiger partial charge < -0.3 is 15.4 Å². The van der Waals surface area contributed by atoms with Gasteiger partial charge in [-0.15, -0.1) is 0 Å². The van der Waals surface area contributed by atoms with Crippen LogP contribution >= 0.6 is 0 Å². The molecule has 0 aromatic rings. The summed E-state index contributed by atoms with van der Waals surface area (Å²) in [6.07, 6.45) is 0. The van der Waals surface area contributed by atoms with Gasteiger partial charge in [0.2, 0.25) is 5.91 Å². The van der Waals surface area contributed by atoms with Gasteiger partial charge in [0, 0.05) is 19.7 Å². The van der Waals surface area contributed by atoms with Crippen LogP contribution in [-0.2, 0) is 9.53 Å². The number of methoxy groups -OCH3 is 1. The fraction of sp³-hybridized carbons (Fsp3) is 0.875. The molecule has 0 saturated heterocycles. The molecule has 2 N–H and O–H groups in total. The lowest BCUT2D eigenvalue weighted by Gasteiger charge is -2.25. The van der Waals surface area contributed by atoms with Crippen molar-refractivity contribution >= 4 is 5.91 Å². The van der Waals surface area contributed by atoms with Crippen molar-refractivity contribution in [3.05, 3.63) is 0 Å². The molecule has 0 aliphatic carbocycles. The van der Waals surface area contributed by atoms with Crippen molar-refractivity contribution in [3.8, 4) is 0 Å². The third-order valence-electron chi connectivity index (χ3n) is 1.65. The highest BCUT2D eigenvalue weighted by molar-refractivity contribution is 5.78. The smallest absolute Gasteiger partial charge is 0.236 e. The van der Waals surface area contributed by atoms with E-state index in [2.05, 4.69) is 0 Å². The molecule has 4 nitrogen and oxygen atoms in total. The first-order chi connectivity index (χ1) is 5.63. The molecule has 0 fully saturated rings. The van der Waals surface area contributed by atoms with Crippen LogP contribution in [0.15, 0.2) is 0 Å². The Hall–Kier alpha value is -0.610. The van der Waals surface area contributed by atoms with Crippen molar-refractivity contribution in [1.82, 2.24) is 4.90 Å². The molecule has 0 aliphatic rings. The van der Waals surface area contributed by atoms with E-state index in [1.165, 1.54) is 0 Å². The fourth-order valence-corrected chi connectivity index (χ4v) is 0.978. The van der Waals surface area contributed by atoms with E-state index >= 15 is 0 Å². The summed E-state index contributed by atoms with van der Waals surface area (Å²) in [5.74, 6) is -0.0259. The van der Waals surface area contributed by atoms with E-state index in [-0.39, 0.29) is 18.5 Å². The van der Waals surface area contributed by atoms with E-state index in [0.29, 0.717) is 13.2 Å². The summed E-state index contributed by atoms with van der Waals surface area (Å²) in [4.78, 5) is 12.9. The van der Waals surface area contributed by atoms with Crippen LogP contribution in [0.3, 0.4) is 0 Å². The SMILES string of the molecule is COCCN(C(=O)CN)C(C)C. The molecule has 4 heteroatoms. The van der Waals surface area contributed by atoms with Gasteiger partial charge in [-0.25, -0.2) is 0 Å². The summed E-state index contributed by atoms with van der Waals surface area (Å²) in [5.41, 5.74) is 5.25. The third-order valence-corrected chi connectivity index (χ3v) is 1.65. The Bertz CT molecular complexity index is 137. The molecule has 0 bridgehead atoms. The second-order valence-electron chi connectivity index (χ2n) is 2.88. The zero-order valence-corrected chi connectivity index (χ0v) is 8.04. The zero-order chi connectivity index (χ0) is 9.56. The Morgan fingerprint density at radius 2 is 2.17 bits per heavy atom. The molecule has 0 aromatic heterocycles. The molecule has 12 heavy (non-hydrogen) atoms. The molecule has 0 aliphatic heterocycles. The number of carbonyl (C=O) groups excluding carboxylic acids is 1. The molecular formula is C8H18N2O2. The van der Waals surface area contributed by atoms with E-state index in [1.54, 1.807) is 12.0 Å². The minimum absolute atomic E-state index is 0.0259. The zero-order valence-electron chi connectivity index (χ0n) is 8.04. The molecule has 0 spiro atoms. The molecule has 0 heterocycles. The molecule has 0 radical (unpaired) electrons. The second-order valence-corrected chi connectivity index (χ2v) is 2.88. The summed E-state index contributed by atoms with van der Waals surface area (Å²) in [5, 5.41) is 0. The molecule has 0 atom stereocenters. The number of nitrogens with two attached hydrogens (primary N) is 1. The molecule has 1 amide bonds. The minimum Gasteiger partial charge on any atom is -0.383 e. The Morgan fingerprint density at radius 3 is 2.50 bits per heavy atom. The molecule has 0 saturated carbocycles. The molecule has 0 aromatic carbocycles. The molecule has 0 rings (SSSR count). The quantitative estimate of drug-likeness (QED) is 0.629. The van der Waals surface area contributed by atoms with Crippen molar-refractivity contribution in [2.24, 2.45) is 5.73 Å². The van der Waals surface area contributed by atoms with E-state index in [9.17, 15) is 4.79 Å². The number of nitrogens with zero attached hydrogens (tertiary/aromatic N) is 1. The van der Waals surface area contributed by atoms with Crippen LogP contribution in [0.4, 0.5) is 0 Å². The van der Waals surface area contributed by atoms with Crippen molar-refractivity contribution in [2.75, 3.05) is 26.8 Å². The Kier molecular flexibility index (Phi) is 5.66. The summed E-state index contributed by atoms with van der Waals surface area (Å²) >= 11 is 0. The molecule has 72 valence electrons. The van der Waals surface area contributed by atoms with Gasteiger partial charge in [-0.05, 0) is 13.8 Å². The first-order valence-electron chi connectivity index (χ1n) is 4.12. The second kappa shape index (κ2) is 5.97. The van der Waals surface area contributed by atoms with E-state index in [1.807, 2.05) is 13.8 Å². The van der Waals surface area contributed by atoms with Crippen LogP contribution < -0.4 is 5.73 Å². The summed E-state index contributed by atoms with van der Waals surface area (Å²) in [6, 6.07) is 0.191. The molecular weight excluding hydrogens is 156 g/mol. The maximum absolute atomic E-state index is 11.2. The number of hydrogen-bond donors (Lipinski definition) is 1. The third kappa shape index (κ3) is 3.69. The summed E-state index contributed by atoms with van der Waals surface area (Å²) in [6.45, 7) is 5.17. The minimum atomic E-state index is -0.0259. The summed E-state index contributed by atoms with van der Waals surface area (Å²) in [7, 11) is 1.62. The fourth-order valence-electron chi connectivity index (χ4n) is 0.978. The predicted octanol–water partition coefficient (Wildman–Crippen LogP) is -0.171. The first kappa shape index (κ1) is 11.4. The molecule has 0 unspecified atom stereocenters. The van der Waals surface area contributed by atoms with Gasteiger partial charge in [0.25, 0.3) is 0 Å². The van der Waals surface area contributed by atoms with Crippen molar-refractivity contribution < 1.29 is 9.53 Å². The Morgan fingerprint density at radius 1 is 1.58 bits per heavy atom. The highest BCUT2D eigenvalue weighted by Gasteiger charge is 2.13. The highest BCUT2D eigenvalue weighted by atomic mass is 16.5. The lowest BCUT2D eigenvalue weighted by Crippen LogP contribution is -2.42. The van der Waals surface area contributed by atoms with Gasteiger partial charge in [0.1, 0.15) is 0 Å². The lowest BCUT2D eigenvalue weighted by atomic mass is 10.3. The lowest BCUT2D eigenvalue weighted by molar-refractivity contribution is -0.132. The van der Waals surface area contributed by atoms with Crippen molar-refractivity contribution in [3.63, 3.8) is 0 Å². The van der Waals surface area contributed by atoms with Gasteiger partial charge in [-0.3, -0.25) is 4.79 Å². The number of rotatable bonds is 5. The van der Waals surface area contributed by atoms with Crippen LogP contribution in [0, 0.1) is 0 Å². The topological polar surface area (TPSA) is 55.6 Å². The largest absolute Gasteiger partial charge is 0.383 e. The average Bonchev–Trinajstić information content (AvgIpc) is 2.04. The highest BCUT2D eigenvalue weighted by Crippen LogP contribution is 1.97. The monoisotopic (exact) mass is 174 g/mol. The number of amides is 1. The van der Waals surface area contributed by atoms with Gasteiger partial charge in [0.05, 0.1) is 13.2 Å². The average molecular weight is 174 g/mol. The van der Waals surface area contributed by atoms with Gasteiger partial charge in [0.15, 0.2) is 0 Å². The number of ether oxygens (including phenoxy) is 1. The van der Waals surface area contributed by atoms with E-state index < -0.39 is 0 Å².